The lowest BCUT2D eigenvalue weighted by molar-refractivity contribution is 0.169. The number of nitrogens with zero attached hydrogens (tertiary/aromatic N) is 3. The van der Waals surface area contributed by atoms with Crippen molar-refractivity contribution in [2.24, 2.45) is 10.9 Å². The smallest absolute Gasteiger partial charge is 0.188 e. The number of hydrogen-bond acceptors (Lipinski definition) is 5. The summed E-state index contributed by atoms with van der Waals surface area (Å²) in [5.41, 5.74) is 3.50. The molecule has 6 heteroatoms. The lowest BCUT2D eigenvalue weighted by Gasteiger charge is -2.19. The average Bonchev–Trinajstić information content (AvgIpc) is 2.73. The number of nitriles is 1. The fourth-order valence-electron chi connectivity index (χ4n) is 2.71. The Hall–Kier alpha value is -2.03. The van der Waals surface area contributed by atoms with E-state index in [4.69, 9.17) is 16.3 Å². The molecule has 0 radical (unpaired) electrons. The molecule has 0 fully saturated rings. The predicted octanol–water partition coefficient (Wildman–Crippen LogP) is 8.20. The van der Waals surface area contributed by atoms with Gasteiger partial charge in [-0.3, -0.25) is 4.98 Å². The van der Waals surface area contributed by atoms with E-state index in [1.807, 2.05) is 19.1 Å². The van der Waals surface area contributed by atoms with E-state index in [2.05, 4.69) is 56.7 Å². The van der Waals surface area contributed by atoms with Gasteiger partial charge in [-0.2, -0.15) is 5.26 Å². The molecule has 0 unspecified atom stereocenters. The van der Waals surface area contributed by atoms with Gasteiger partial charge in [-0.25, -0.2) is 4.99 Å². The Morgan fingerprint density at radius 2 is 2.03 bits per heavy atom. The molecule has 0 saturated heterocycles. The fourth-order valence-corrected chi connectivity index (χ4v) is 3.69. The summed E-state index contributed by atoms with van der Waals surface area (Å²) >= 11 is 8.02. The Morgan fingerprint density at radius 3 is 2.62 bits per heavy atom. The van der Waals surface area contributed by atoms with Gasteiger partial charge in [0.1, 0.15) is 17.0 Å². The summed E-state index contributed by atoms with van der Waals surface area (Å²) in [7, 11) is 0. The molecule has 0 aromatic carbocycles. The maximum atomic E-state index is 9.23. The van der Waals surface area contributed by atoms with Crippen molar-refractivity contribution in [3.8, 4) is 11.8 Å². The van der Waals surface area contributed by atoms with E-state index in [0.717, 1.165) is 40.3 Å². The van der Waals surface area contributed by atoms with Gasteiger partial charge in [0.05, 0.1) is 11.9 Å². The minimum atomic E-state index is -0.891. The van der Waals surface area contributed by atoms with Gasteiger partial charge in [0.15, 0.2) is 5.60 Å². The molecular formula is C26H36ClN3OS. The third kappa shape index (κ3) is 9.63. The van der Waals surface area contributed by atoms with E-state index in [1.54, 1.807) is 38.0 Å². The third-order valence-corrected chi connectivity index (χ3v) is 6.03. The number of thioether (sulfide) groups is 1. The SMILES string of the molecule is CCSc1cc(OC(C)(C)C#N)cnc1/C(C)=C(\C)CC/C=C(C)/C(Cl)=N\C=C/C(C)C. The number of halogens is 1. The lowest BCUT2D eigenvalue weighted by Crippen LogP contribution is -2.25. The van der Waals surface area contributed by atoms with Crippen LogP contribution in [-0.2, 0) is 0 Å². The molecule has 1 aromatic rings. The van der Waals surface area contributed by atoms with Crippen molar-refractivity contribution in [1.82, 2.24) is 4.98 Å². The van der Waals surface area contributed by atoms with E-state index in [9.17, 15) is 5.26 Å². The maximum absolute atomic E-state index is 9.23. The number of hydrogen-bond donors (Lipinski definition) is 0. The number of rotatable bonds is 11. The largest absolute Gasteiger partial charge is 0.471 e. The summed E-state index contributed by atoms with van der Waals surface area (Å²) in [6, 6.07) is 4.14. The Balaban J connectivity index is 3.00. The summed E-state index contributed by atoms with van der Waals surface area (Å²) in [5, 5.41) is 9.76. The van der Waals surface area contributed by atoms with Gasteiger partial charge >= 0.3 is 0 Å². The van der Waals surface area contributed by atoms with Gasteiger partial charge in [-0.05, 0) is 76.3 Å². The van der Waals surface area contributed by atoms with Crippen LogP contribution >= 0.6 is 23.4 Å². The van der Waals surface area contributed by atoms with Gasteiger partial charge in [-0.15, -0.1) is 11.8 Å². The first-order valence-corrected chi connectivity index (χ1v) is 12.3. The van der Waals surface area contributed by atoms with Crippen LogP contribution in [0.5, 0.6) is 5.75 Å². The second-order valence-corrected chi connectivity index (χ2v) is 10.2. The first-order valence-electron chi connectivity index (χ1n) is 11.0. The molecule has 32 heavy (non-hydrogen) atoms. The lowest BCUT2D eigenvalue weighted by atomic mass is 10.0. The monoisotopic (exact) mass is 473 g/mol. The zero-order valence-corrected chi connectivity index (χ0v) is 22.2. The van der Waals surface area contributed by atoms with Crippen LogP contribution in [0.3, 0.4) is 0 Å². The summed E-state index contributed by atoms with van der Waals surface area (Å²) in [4.78, 5) is 10.0. The molecule has 1 heterocycles. The van der Waals surface area contributed by atoms with E-state index in [0.29, 0.717) is 16.8 Å². The second-order valence-electron chi connectivity index (χ2n) is 8.51. The van der Waals surface area contributed by atoms with Crippen LogP contribution in [0.15, 0.2) is 51.6 Å². The standard InChI is InChI=1S/C26H36ClN3OS/c1-9-32-23-15-22(31-26(7,8)17-28)16-30-24(23)21(6)19(4)11-10-12-20(5)25(27)29-14-13-18(2)3/h12-16,18H,9-11H2,1-8H3/b14-13-,20-12+,21-19+,29-25+. The Labute approximate surface area is 203 Å². The van der Waals surface area contributed by atoms with Crippen LogP contribution in [0, 0.1) is 17.2 Å². The summed E-state index contributed by atoms with van der Waals surface area (Å²) in [6.45, 7) is 16.1. The van der Waals surface area contributed by atoms with Gasteiger partial charge in [-0.1, -0.05) is 50.1 Å². The van der Waals surface area contributed by atoms with Crippen molar-refractivity contribution >= 4 is 34.1 Å². The highest BCUT2D eigenvalue weighted by Gasteiger charge is 2.20. The number of aliphatic imine (C=N–C) groups is 1. The van der Waals surface area contributed by atoms with Crippen molar-refractivity contribution in [3.63, 3.8) is 0 Å². The molecule has 0 N–H and O–H groups in total. The maximum Gasteiger partial charge on any atom is 0.188 e. The Bertz CT molecular complexity index is 937. The zero-order chi connectivity index (χ0) is 24.3. The molecule has 1 rings (SSSR count). The molecule has 0 amide bonds. The number of ether oxygens (including phenoxy) is 1. The predicted molar refractivity (Wildman–Crippen MR) is 139 cm³/mol. The topological polar surface area (TPSA) is 58.3 Å². The minimum Gasteiger partial charge on any atom is -0.471 e. The first-order chi connectivity index (χ1) is 15.0. The second kappa shape index (κ2) is 13.5. The van der Waals surface area contributed by atoms with E-state index < -0.39 is 5.60 Å². The zero-order valence-electron chi connectivity index (χ0n) is 20.6. The van der Waals surface area contributed by atoms with Crippen LogP contribution in [0.4, 0.5) is 0 Å². The van der Waals surface area contributed by atoms with Crippen LogP contribution in [-0.4, -0.2) is 21.5 Å². The summed E-state index contributed by atoms with van der Waals surface area (Å²) in [6.07, 6.45) is 9.40. The summed E-state index contributed by atoms with van der Waals surface area (Å²) < 4.78 is 5.80. The molecule has 0 aliphatic heterocycles. The molecule has 0 aliphatic carbocycles. The molecule has 1 aromatic heterocycles. The van der Waals surface area contributed by atoms with Crippen LogP contribution in [0.25, 0.3) is 5.57 Å². The third-order valence-electron chi connectivity index (χ3n) is 4.72. The molecule has 4 nitrogen and oxygen atoms in total. The highest BCUT2D eigenvalue weighted by Crippen LogP contribution is 2.33. The molecule has 0 spiro atoms. The van der Waals surface area contributed by atoms with E-state index >= 15 is 0 Å². The number of allylic oxidation sites excluding steroid dienone is 5. The Kier molecular flexibility index (Phi) is 11.8. The Morgan fingerprint density at radius 1 is 1.34 bits per heavy atom. The van der Waals surface area contributed by atoms with Crippen molar-refractivity contribution in [2.45, 2.75) is 78.7 Å². The van der Waals surface area contributed by atoms with E-state index in [-0.39, 0.29) is 0 Å². The van der Waals surface area contributed by atoms with Crippen LogP contribution < -0.4 is 4.74 Å². The number of aromatic nitrogens is 1. The van der Waals surface area contributed by atoms with E-state index in [1.165, 1.54) is 5.57 Å². The number of pyridine rings is 1. The van der Waals surface area contributed by atoms with Gasteiger partial charge in [0.25, 0.3) is 0 Å². The summed E-state index contributed by atoms with van der Waals surface area (Å²) in [5.74, 6) is 1.99. The molecular weight excluding hydrogens is 438 g/mol. The van der Waals surface area contributed by atoms with Crippen molar-refractivity contribution in [3.05, 3.63) is 47.5 Å². The quantitative estimate of drug-likeness (QED) is 0.240. The molecule has 0 atom stereocenters. The van der Waals surface area contributed by atoms with Gasteiger partial charge < -0.3 is 4.74 Å². The first kappa shape index (κ1) is 28.0. The molecule has 0 saturated carbocycles. The highest BCUT2D eigenvalue weighted by molar-refractivity contribution is 7.99. The van der Waals surface area contributed by atoms with Gasteiger partial charge in [0.2, 0.25) is 0 Å². The molecule has 0 bridgehead atoms. The van der Waals surface area contributed by atoms with Crippen molar-refractivity contribution in [1.29, 1.82) is 5.26 Å². The minimum absolute atomic E-state index is 0.450. The highest BCUT2D eigenvalue weighted by atomic mass is 35.5. The van der Waals surface area contributed by atoms with Crippen molar-refractivity contribution < 1.29 is 4.74 Å². The normalized spacial score (nSPS) is 14.0. The van der Waals surface area contributed by atoms with Crippen LogP contribution in [0.1, 0.15) is 73.9 Å². The molecule has 174 valence electrons. The molecule has 0 aliphatic rings. The van der Waals surface area contributed by atoms with Crippen molar-refractivity contribution in [2.75, 3.05) is 5.75 Å². The average molecular weight is 474 g/mol. The fraction of sp³-hybridized carbons (Fsp3) is 0.500. The van der Waals surface area contributed by atoms with Crippen LogP contribution in [0.2, 0.25) is 0 Å². The van der Waals surface area contributed by atoms with Gasteiger partial charge in [0, 0.05) is 11.1 Å².